The Balaban J connectivity index is 1.94. The van der Waals surface area contributed by atoms with E-state index in [0.717, 1.165) is 28.6 Å². The van der Waals surface area contributed by atoms with Crippen molar-refractivity contribution in [2.45, 2.75) is 78.1 Å². The van der Waals surface area contributed by atoms with Crippen LogP contribution in [0.5, 0.6) is 5.75 Å². The fourth-order valence-corrected chi connectivity index (χ4v) is 3.61. The van der Waals surface area contributed by atoms with Gasteiger partial charge in [0.2, 0.25) is 5.91 Å². The number of rotatable bonds is 11. The molecule has 0 aliphatic carbocycles. The first-order chi connectivity index (χ1) is 15.1. The van der Waals surface area contributed by atoms with E-state index in [1.807, 2.05) is 24.3 Å². The first kappa shape index (κ1) is 26.1. The highest BCUT2D eigenvalue weighted by Gasteiger charge is 2.26. The van der Waals surface area contributed by atoms with Gasteiger partial charge in [-0.25, -0.2) is 5.43 Å². The predicted molar refractivity (Wildman–Crippen MR) is 138 cm³/mol. The van der Waals surface area contributed by atoms with Crippen molar-refractivity contribution in [2.24, 2.45) is 5.10 Å². The Morgan fingerprint density at radius 1 is 1.06 bits per heavy atom. The fourth-order valence-electron chi connectivity index (χ4n) is 3.22. The summed E-state index contributed by atoms with van der Waals surface area (Å²) >= 11 is 3.46. The zero-order chi connectivity index (χ0) is 23.8. The van der Waals surface area contributed by atoms with Crippen LogP contribution in [0.25, 0.3) is 0 Å². The Kier molecular flexibility index (Phi) is 9.50. The molecule has 32 heavy (non-hydrogen) atoms. The number of nitrogens with zero attached hydrogens (tertiary/aromatic N) is 1. The molecule has 0 fully saturated rings. The molecule has 0 radical (unpaired) electrons. The normalized spacial score (nSPS) is 12.2. The van der Waals surface area contributed by atoms with E-state index in [2.05, 4.69) is 86.2 Å². The molecule has 1 N–H and O–H groups in total. The summed E-state index contributed by atoms with van der Waals surface area (Å²) in [7, 11) is 0. The lowest BCUT2D eigenvalue weighted by atomic mass is 9.76. The lowest BCUT2D eigenvalue weighted by Gasteiger charge is -2.30. The smallest absolute Gasteiger partial charge is 0.240 e. The maximum atomic E-state index is 12.1. The van der Waals surface area contributed by atoms with Crippen LogP contribution in [-0.4, -0.2) is 18.7 Å². The lowest BCUT2D eigenvalue weighted by molar-refractivity contribution is -0.121. The average Bonchev–Trinajstić information content (AvgIpc) is 2.78. The molecule has 4 nitrogen and oxygen atoms in total. The molecule has 0 aromatic heterocycles. The quantitative estimate of drug-likeness (QED) is 0.202. The topological polar surface area (TPSA) is 50.7 Å². The maximum Gasteiger partial charge on any atom is 0.240 e. The Bertz CT molecular complexity index is 935. The zero-order valence-electron chi connectivity index (χ0n) is 20.3. The monoisotopic (exact) mass is 500 g/mol. The van der Waals surface area contributed by atoms with Gasteiger partial charge >= 0.3 is 0 Å². The third-order valence-corrected chi connectivity index (χ3v) is 7.08. The Morgan fingerprint density at radius 2 is 1.75 bits per heavy atom. The van der Waals surface area contributed by atoms with Crippen LogP contribution in [0, 0.1) is 0 Å². The molecule has 174 valence electrons. The third kappa shape index (κ3) is 7.19. The molecule has 0 saturated heterocycles. The van der Waals surface area contributed by atoms with Crippen LogP contribution in [0.4, 0.5) is 0 Å². The van der Waals surface area contributed by atoms with Crippen molar-refractivity contribution >= 4 is 28.1 Å². The molecule has 1 amide bonds. The molecule has 5 heteroatoms. The maximum absolute atomic E-state index is 12.1. The number of benzene rings is 2. The van der Waals surface area contributed by atoms with Crippen molar-refractivity contribution in [1.82, 2.24) is 5.43 Å². The zero-order valence-corrected chi connectivity index (χ0v) is 21.9. The Labute approximate surface area is 202 Å². The summed E-state index contributed by atoms with van der Waals surface area (Å²) in [5.74, 6) is 0.797. The second-order valence-corrected chi connectivity index (χ2v) is 10.3. The Hall–Kier alpha value is -2.14. The summed E-state index contributed by atoms with van der Waals surface area (Å²) < 4.78 is 7.08. The highest BCUT2D eigenvalue weighted by Crippen LogP contribution is 2.38. The van der Waals surface area contributed by atoms with Crippen molar-refractivity contribution in [3.63, 3.8) is 0 Å². The van der Waals surface area contributed by atoms with E-state index in [4.69, 9.17) is 4.74 Å². The van der Waals surface area contributed by atoms with E-state index in [-0.39, 0.29) is 16.7 Å². The SMILES string of the molecule is CCC(C)(C)c1ccc(OCCCC(=O)N/N=C\c2ccccc2Br)c(C(C)(C)CC)c1. The van der Waals surface area contributed by atoms with Gasteiger partial charge in [0.25, 0.3) is 0 Å². The van der Waals surface area contributed by atoms with E-state index in [0.29, 0.717) is 19.4 Å². The standard InChI is InChI=1S/C27H37BrN2O2/c1-7-26(3,4)21-15-16-24(22(18-21)27(5,6)8-2)32-17-11-14-25(31)30-29-19-20-12-9-10-13-23(20)28/h9-10,12-13,15-16,18-19H,7-8,11,14,17H2,1-6H3,(H,30,31)/b29-19-. The second kappa shape index (κ2) is 11.6. The van der Waals surface area contributed by atoms with E-state index in [9.17, 15) is 4.79 Å². The minimum atomic E-state index is -0.119. The first-order valence-electron chi connectivity index (χ1n) is 11.4. The molecule has 2 aromatic rings. The molecule has 0 bridgehead atoms. The summed E-state index contributed by atoms with van der Waals surface area (Å²) in [6.45, 7) is 14.0. The van der Waals surface area contributed by atoms with Gasteiger partial charge in [-0.3, -0.25) is 4.79 Å². The molecule has 2 aromatic carbocycles. The molecule has 0 spiro atoms. The van der Waals surface area contributed by atoms with Crippen LogP contribution in [-0.2, 0) is 15.6 Å². The number of carbonyl (C=O) groups excluding carboxylic acids is 1. The fraction of sp³-hybridized carbons (Fsp3) is 0.481. The molecule has 0 unspecified atom stereocenters. The van der Waals surface area contributed by atoms with Gasteiger partial charge in [-0.05, 0) is 47.8 Å². The van der Waals surface area contributed by atoms with E-state index in [1.54, 1.807) is 6.21 Å². The average molecular weight is 502 g/mol. The minimum absolute atomic E-state index is 0.0208. The van der Waals surface area contributed by atoms with E-state index >= 15 is 0 Å². The molecular weight excluding hydrogens is 464 g/mol. The number of hydrogen-bond donors (Lipinski definition) is 1. The minimum Gasteiger partial charge on any atom is -0.493 e. The van der Waals surface area contributed by atoms with Gasteiger partial charge in [0, 0.05) is 22.0 Å². The molecule has 0 aliphatic rings. The molecule has 2 rings (SSSR count). The summed E-state index contributed by atoms with van der Waals surface area (Å²) in [6, 6.07) is 14.3. The summed E-state index contributed by atoms with van der Waals surface area (Å²) in [4.78, 5) is 12.1. The third-order valence-electron chi connectivity index (χ3n) is 6.36. The molecular formula is C27H37BrN2O2. The van der Waals surface area contributed by atoms with Gasteiger partial charge in [-0.2, -0.15) is 5.10 Å². The summed E-state index contributed by atoms with van der Waals surface area (Å²) in [6.07, 6.45) is 4.73. The van der Waals surface area contributed by atoms with Crippen molar-refractivity contribution in [3.05, 3.63) is 63.6 Å². The Morgan fingerprint density at radius 3 is 2.41 bits per heavy atom. The van der Waals surface area contributed by atoms with Crippen LogP contribution in [0.2, 0.25) is 0 Å². The van der Waals surface area contributed by atoms with Crippen LogP contribution in [0.15, 0.2) is 52.0 Å². The number of carbonyl (C=O) groups is 1. The number of amides is 1. The molecule has 0 saturated carbocycles. The van der Waals surface area contributed by atoms with Gasteiger partial charge in [-0.15, -0.1) is 0 Å². The van der Waals surface area contributed by atoms with Gasteiger partial charge in [0.1, 0.15) is 5.75 Å². The molecule has 0 atom stereocenters. The van der Waals surface area contributed by atoms with Crippen molar-refractivity contribution in [1.29, 1.82) is 0 Å². The number of hydrazone groups is 1. The van der Waals surface area contributed by atoms with Crippen LogP contribution in [0.3, 0.4) is 0 Å². The second-order valence-electron chi connectivity index (χ2n) is 9.45. The highest BCUT2D eigenvalue weighted by molar-refractivity contribution is 9.10. The number of ether oxygens (including phenoxy) is 1. The van der Waals surface area contributed by atoms with E-state index < -0.39 is 0 Å². The predicted octanol–water partition coefficient (Wildman–Crippen LogP) is 7.13. The van der Waals surface area contributed by atoms with Gasteiger partial charge in [0.15, 0.2) is 0 Å². The van der Waals surface area contributed by atoms with Crippen molar-refractivity contribution in [2.75, 3.05) is 6.61 Å². The summed E-state index contributed by atoms with van der Waals surface area (Å²) in [5.41, 5.74) is 6.23. The number of nitrogens with one attached hydrogen (secondary N) is 1. The number of hydrogen-bond acceptors (Lipinski definition) is 3. The largest absolute Gasteiger partial charge is 0.493 e. The molecule has 0 heterocycles. The van der Waals surface area contributed by atoms with E-state index in [1.165, 1.54) is 11.1 Å². The van der Waals surface area contributed by atoms with Gasteiger partial charge < -0.3 is 4.74 Å². The van der Waals surface area contributed by atoms with Gasteiger partial charge in [-0.1, -0.05) is 87.8 Å². The lowest BCUT2D eigenvalue weighted by Crippen LogP contribution is -2.21. The van der Waals surface area contributed by atoms with Crippen molar-refractivity contribution in [3.8, 4) is 5.75 Å². The molecule has 0 aliphatic heterocycles. The number of halogens is 1. The van der Waals surface area contributed by atoms with Crippen LogP contribution >= 0.6 is 15.9 Å². The summed E-state index contributed by atoms with van der Waals surface area (Å²) in [5, 5.41) is 4.04. The van der Waals surface area contributed by atoms with Crippen molar-refractivity contribution < 1.29 is 9.53 Å². The highest BCUT2D eigenvalue weighted by atomic mass is 79.9. The van der Waals surface area contributed by atoms with Crippen LogP contribution in [0.1, 0.15) is 83.9 Å². The van der Waals surface area contributed by atoms with Gasteiger partial charge in [0.05, 0.1) is 12.8 Å². The van der Waals surface area contributed by atoms with Crippen LogP contribution < -0.4 is 10.2 Å². The first-order valence-corrected chi connectivity index (χ1v) is 12.2.